The molecule has 2 N–H and O–H groups in total. The number of halogens is 2. The fraction of sp³-hybridized carbons (Fsp3) is 0.323. The largest absolute Gasteiger partial charge is 0.478 e. The molecule has 1 amide bonds. The number of ether oxygens (including phenoxy) is 1. The van der Waals surface area contributed by atoms with Crippen molar-refractivity contribution in [1.82, 2.24) is 14.5 Å². The molecule has 2 heterocycles. The summed E-state index contributed by atoms with van der Waals surface area (Å²) in [5, 5.41) is 0. The number of hydrogen-bond donors (Lipinski definition) is 1. The lowest BCUT2D eigenvalue weighted by molar-refractivity contribution is 0.0601. The molecule has 0 saturated carbocycles. The summed E-state index contributed by atoms with van der Waals surface area (Å²) in [5.41, 5.74) is 6.89. The lowest BCUT2D eigenvalue weighted by atomic mass is 9.95. The van der Waals surface area contributed by atoms with E-state index in [4.69, 9.17) is 15.5 Å². The number of allylic oxidation sites excluding steroid dienone is 2. The first-order chi connectivity index (χ1) is 19.3. The number of rotatable bonds is 9. The summed E-state index contributed by atoms with van der Waals surface area (Å²) in [7, 11) is 0. The van der Waals surface area contributed by atoms with E-state index < -0.39 is 11.9 Å². The van der Waals surface area contributed by atoms with Crippen LogP contribution < -0.4 is 16.0 Å². The van der Waals surface area contributed by atoms with Crippen molar-refractivity contribution >= 4 is 21.8 Å². The molecule has 0 fully saturated rings. The highest BCUT2D eigenvalue weighted by Gasteiger charge is 2.40. The second-order valence-corrected chi connectivity index (χ2v) is 11.3. The number of carbonyl (C=O) groups is 1. The maximum Gasteiger partial charge on any atom is 0.296 e. The molecule has 1 aromatic heterocycles. The molecule has 208 valence electrons. The summed E-state index contributed by atoms with van der Waals surface area (Å²) in [4.78, 5) is 34.9. The molecule has 1 aliphatic heterocycles. The van der Waals surface area contributed by atoms with Crippen LogP contribution in [0.5, 0.6) is 5.75 Å². The standard InChI is InChI=1S/C31H32BrFN4O3/c1-19(2)27(36(17-7-16-34)30(38)20-12-14-22(32)15-13-20)29-35-26-23-9-4-6-11-25(23)40-28(26)31(39)37(29)18-21-8-3-5-10-24(21)33/h3-6,8-15,19,23,25,27H,7,16-18,34H2,1-2H3. The van der Waals surface area contributed by atoms with E-state index in [9.17, 15) is 14.0 Å². The molecule has 0 radical (unpaired) electrons. The Labute approximate surface area is 241 Å². The monoisotopic (exact) mass is 606 g/mol. The first kappa shape index (κ1) is 28.0. The van der Waals surface area contributed by atoms with Crippen molar-refractivity contribution in [3.8, 4) is 5.75 Å². The normalized spacial score (nSPS) is 17.9. The molecule has 1 aliphatic carbocycles. The van der Waals surface area contributed by atoms with Gasteiger partial charge in [-0.05, 0) is 55.3 Å². The fourth-order valence-electron chi connectivity index (χ4n) is 5.35. The van der Waals surface area contributed by atoms with Crippen molar-refractivity contribution in [3.05, 3.63) is 116 Å². The van der Waals surface area contributed by atoms with Gasteiger partial charge in [-0.3, -0.25) is 14.2 Å². The maximum atomic E-state index is 14.9. The van der Waals surface area contributed by atoms with Gasteiger partial charge in [0.1, 0.15) is 23.4 Å². The smallest absolute Gasteiger partial charge is 0.296 e. The molecule has 0 saturated heterocycles. The minimum Gasteiger partial charge on any atom is -0.478 e. The van der Waals surface area contributed by atoms with Gasteiger partial charge in [0.15, 0.2) is 0 Å². The van der Waals surface area contributed by atoms with Crippen molar-refractivity contribution in [2.24, 2.45) is 11.7 Å². The summed E-state index contributed by atoms with van der Waals surface area (Å²) in [5.74, 6) is -0.399. The quantitative estimate of drug-likeness (QED) is 0.354. The molecule has 5 rings (SSSR count). The Morgan fingerprint density at radius 3 is 2.58 bits per heavy atom. The minimum atomic E-state index is -0.588. The lowest BCUT2D eigenvalue weighted by Gasteiger charge is -2.35. The maximum absolute atomic E-state index is 14.9. The molecule has 40 heavy (non-hydrogen) atoms. The van der Waals surface area contributed by atoms with Crippen LogP contribution >= 0.6 is 15.9 Å². The zero-order valence-corrected chi connectivity index (χ0v) is 24.1. The van der Waals surface area contributed by atoms with Gasteiger partial charge in [0.25, 0.3) is 11.5 Å². The topological polar surface area (TPSA) is 90.5 Å². The second kappa shape index (κ2) is 11.9. The van der Waals surface area contributed by atoms with Crippen molar-refractivity contribution in [2.45, 2.75) is 44.9 Å². The van der Waals surface area contributed by atoms with Crippen LogP contribution in [0.25, 0.3) is 0 Å². The second-order valence-electron chi connectivity index (χ2n) is 10.4. The predicted molar refractivity (Wildman–Crippen MR) is 156 cm³/mol. The predicted octanol–water partition coefficient (Wildman–Crippen LogP) is 5.35. The number of amides is 1. The van der Waals surface area contributed by atoms with Crippen LogP contribution in [0.4, 0.5) is 4.39 Å². The molecule has 0 spiro atoms. The van der Waals surface area contributed by atoms with Crippen LogP contribution in [0.2, 0.25) is 0 Å². The van der Waals surface area contributed by atoms with Gasteiger partial charge in [-0.2, -0.15) is 0 Å². The van der Waals surface area contributed by atoms with Crippen molar-refractivity contribution < 1.29 is 13.9 Å². The van der Waals surface area contributed by atoms with Gasteiger partial charge >= 0.3 is 0 Å². The van der Waals surface area contributed by atoms with Crippen LogP contribution in [0, 0.1) is 11.7 Å². The molecule has 3 atom stereocenters. The molecular weight excluding hydrogens is 575 g/mol. The number of carbonyl (C=O) groups excluding carboxylic acids is 1. The third-order valence-corrected chi connectivity index (χ3v) is 7.84. The SMILES string of the molecule is CC(C)C(c1nc2c(c(=O)n1Cc1ccccc1F)OC1C=CC=CC21)N(CCCN)C(=O)c1ccc(Br)cc1. The molecule has 0 bridgehead atoms. The Morgan fingerprint density at radius 1 is 1.15 bits per heavy atom. The number of hydrogen-bond acceptors (Lipinski definition) is 5. The summed E-state index contributed by atoms with van der Waals surface area (Å²) in [6.45, 7) is 4.69. The Kier molecular flexibility index (Phi) is 8.32. The Balaban J connectivity index is 1.69. The number of aromatic nitrogens is 2. The van der Waals surface area contributed by atoms with Crippen LogP contribution in [-0.2, 0) is 6.54 Å². The first-order valence-electron chi connectivity index (χ1n) is 13.5. The van der Waals surface area contributed by atoms with Gasteiger partial charge in [-0.25, -0.2) is 9.37 Å². The number of benzene rings is 2. The van der Waals surface area contributed by atoms with Gasteiger partial charge in [-0.15, -0.1) is 0 Å². The van der Waals surface area contributed by atoms with Crippen molar-refractivity contribution in [2.75, 3.05) is 13.1 Å². The minimum absolute atomic E-state index is 0.0497. The van der Waals surface area contributed by atoms with Crippen molar-refractivity contribution in [3.63, 3.8) is 0 Å². The Morgan fingerprint density at radius 2 is 1.88 bits per heavy atom. The van der Waals surface area contributed by atoms with Crippen LogP contribution in [-0.4, -0.2) is 39.6 Å². The summed E-state index contributed by atoms with van der Waals surface area (Å²) in [6.07, 6.45) is 7.89. The molecule has 9 heteroatoms. The van der Waals surface area contributed by atoms with Gasteiger partial charge in [-0.1, -0.05) is 66.2 Å². The lowest BCUT2D eigenvalue weighted by Crippen LogP contribution is -2.42. The number of nitrogens with two attached hydrogens (primary N) is 1. The third-order valence-electron chi connectivity index (χ3n) is 7.31. The molecule has 2 aliphatic rings. The summed E-state index contributed by atoms with van der Waals surface area (Å²) in [6, 6.07) is 12.9. The van der Waals surface area contributed by atoms with E-state index in [1.807, 2.05) is 50.3 Å². The van der Waals surface area contributed by atoms with Gasteiger partial charge in [0.2, 0.25) is 5.75 Å². The third kappa shape index (κ3) is 5.40. The van der Waals surface area contributed by atoms with E-state index in [-0.39, 0.29) is 41.7 Å². The van der Waals surface area contributed by atoms with Crippen LogP contribution in [0.15, 0.2) is 82.1 Å². The Hall–Kier alpha value is -3.56. The molecule has 7 nitrogen and oxygen atoms in total. The highest BCUT2D eigenvalue weighted by atomic mass is 79.9. The van der Waals surface area contributed by atoms with E-state index in [0.29, 0.717) is 42.2 Å². The molecule has 2 aromatic carbocycles. The van der Waals surface area contributed by atoms with Crippen molar-refractivity contribution in [1.29, 1.82) is 0 Å². The van der Waals surface area contributed by atoms with E-state index >= 15 is 0 Å². The first-order valence-corrected chi connectivity index (χ1v) is 14.3. The molecule has 3 unspecified atom stereocenters. The average Bonchev–Trinajstić information content (AvgIpc) is 3.32. The van der Waals surface area contributed by atoms with E-state index in [1.165, 1.54) is 10.6 Å². The van der Waals surface area contributed by atoms with E-state index in [0.717, 1.165) is 4.47 Å². The number of nitrogens with zero attached hydrogens (tertiary/aromatic N) is 3. The highest BCUT2D eigenvalue weighted by Crippen LogP contribution is 2.40. The molecule has 3 aromatic rings. The number of fused-ring (bicyclic) bond motifs is 3. The Bertz CT molecular complexity index is 1520. The van der Waals surface area contributed by atoms with Crippen LogP contribution in [0.1, 0.15) is 59.7 Å². The van der Waals surface area contributed by atoms with Crippen LogP contribution in [0.3, 0.4) is 0 Å². The highest BCUT2D eigenvalue weighted by molar-refractivity contribution is 9.10. The summed E-state index contributed by atoms with van der Waals surface area (Å²) < 4.78 is 23.3. The van der Waals surface area contributed by atoms with Gasteiger partial charge < -0.3 is 15.4 Å². The van der Waals surface area contributed by atoms with E-state index in [2.05, 4.69) is 15.9 Å². The average molecular weight is 608 g/mol. The zero-order chi connectivity index (χ0) is 28.4. The zero-order valence-electron chi connectivity index (χ0n) is 22.5. The van der Waals surface area contributed by atoms with Gasteiger partial charge in [0, 0.05) is 22.1 Å². The summed E-state index contributed by atoms with van der Waals surface area (Å²) >= 11 is 3.43. The van der Waals surface area contributed by atoms with Gasteiger partial charge in [0.05, 0.1) is 18.5 Å². The molecular formula is C31H32BrFN4O3. The fourth-order valence-corrected chi connectivity index (χ4v) is 5.61. The van der Waals surface area contributed by atoms with E-state index in [1.54, 1.807) is 35.2 Å².